The molecule has 7 nitrogen and oxygen atoms in total. The fourth-order valence-electron chi connectivity index (χ4n) is 1.17. The average molecular weight is 231 g/mol. The van der Waals surface area contributed by atoms with Gasteiger partial charge in [0.05, 0.1) is 6.04 Å². The molecule has 3 N–H and O–H groups in total. The van der Waals surface area contributed by atoms with Gasteiger partial charge in [-0.2, -0.15) is 23.0 Å². The van der Waals surface area contributed by atoms with Crippen molar-refractivity contribution in [2.45, 2.75) is 31.8 Å². The van der Waals surface area contributed by atoms with E-state index >= 15 is 0 Å². The van der Waals surface area contributed by atoms with Gasteiger partial charge >= 0.3 is 0 Å². The summed E-state index contributed by atoms with van der Waals surface area (Å²) in [6.45, 7) is 1.70. The molecule has 1 heterocycles. The number of hydrogen-bond donors (Lipinski definition) is 3. The molecule has 0 amide bonds. The second kappa shape index (κ2) is 3.87. The van der Waals surface area contributed by atoms with E-state index in [0.717, 1.165) is 12.8 Å². The SMILES string of the molecule is CC(NS(=O)(=O)NC1CC1)c1ncn[nH]1. The van der Waals surface area contributed by atoms with Crippen molar-refractivity contribution in [1.29, 1.82) is 0 Å². The van der Waals surface area contributed by atoms with Crippen molar-refractivity contribution in [3.8, 4) is 0 Å². The molecule has 0 spiro atoms. The topological polar surface area (TPSA) is 99.8 Å². The largest absolute Gasteiger partial charge is 0.277 e. The molecule has 1 unspecified atom stereocenters. The zero-order valence-electron chi connectivity index (χ0n) is 8.27. The minimum Gasteiger partial charge on any atom is -0.262 e. The van der Waals surface area contributed by atoms with E-state index in [-0.39, 0.29) is 6.04 Å². The standard InChI is InChI=1S/C7H13N5O2S/c1-5(7-8-4-9-10-7)11-15(13,14)12-6-2-3-6/h4-6,11-12H,2-3H2,1H3,(H,8,9,10). The van der Waals surface area contributed by atoms with Crippen LogP contribution in [0, 0.1) is 0 Å². The van der Waals surface area contributed by atoms with Crippen molar-refractivity contribution in [3.05, 3.63) is 12.2 Å². The summed E-state index contributed by atoms with van der Waals surface area (Å²) >= 11 is 0. The highest BCUT2D eigenvalue weighted by molar-refractivity contribution is 7.87. The first-order chi connectivity index (χ1) is 7.07. The van der Waals surface area contributed by atoms with Crippen LogP contribution in [0.5, 0.6) is 0 Å². The molecule has 1 fully saturated rings. The lowest BCUT2D eigenvalue weighted by molar-refractivity contribution is 0.545. The Balaban J connectivity index is 1.95. The summed E-state index contributed by atoms with van der Waals surface area (Å²) in [5.74, 6) is 0.496. The maximum absolute atomic E-state index is 11.5. The summed E-state index contributed by atoms with van der Waals surface area (Å²) in [7, 11) is -3.43. The van der Waals surface area contributed by atoms with Gasteiger partial charge in [0.2, 0.25) is 0 Å². The molecule has 0 aliphatic heterocycles. The Bertz CT molecular complexity index is 411. The monoisotopic (exact) mass is 231 g/mol. The van der Waals surface area contributed by atoms with Gasteiger partial charge in [0.25, 0.3) is 10.2 Å². The number of nitrogens with one attached hydrogen (secondary N) is 3. The zero-order valence-corrected chi connectivity index (χ0v) is 9.08. The first-order valence-corrected chi connectivity index (χ1v) is 6.20. The highest BCUT2D eigenvalue weighted by Crippen LogP contribution is 2.19. The molecule has 0 bridgehead atoms. The molecule has 1 aromatic rings. The zero-order chi connectivity index (χ0) is 10.9. The van der Waals surface area contributed by atoms with Crippen molar-refractivity contribution in [3.63, 3.8) is 0 Å². The Labute approximate surface area is 87.9 Å². The first-order valence-electron chi connectivity index (χ1n) is 4.72. The van der Waals surface area contributed by atoms with Crippen LogP contribution in [0.1, 0.15) is 31.6 Å². The molecular formula is C7H13N5O2S. The number of H-pyrrole nitrogens is 1. The number of rotatable bonds is 5. The van der Waals surface area contributed by atoms with E-state index in [0.29, 0.717) is 5.82 Å². The van der Waals surface area contributed by atoms with Crippen LogP contribution in [0.4, 0.5) is 0 Å². The molecule has 0 aromatic carbocycles. The van der Waals surface area contributed by atoms with Crippen molar-refractivity contribution >= 4 is 10.2 Å². The van der Waals surface area contributed by atoms with E-state index in [1.807, 2.05) is 0 Å². The van der Waals surface area contributed by atoms with Gasteiger partial charge in [-0.3, -0.25) is 5.10 Å². The van der Waals surface area contributed by atoms with Gasteiger partial charge in [0.1, 0.15) is 12.2 Å². The molecule has 84 valence electrons. The predicted octanol–water partition coefficient (Wildman–Crippen LogP) is -0.548. The quantitative estimate of drug-likeness (QED) is 0.633. The van der Waals surface area contributed by atoms with Crippen LogP contribution < -0.4 is 9.44 Å². The van der Waals surface area contributed by atoms with Gasteiger partial charge in [0.15, 0.2) is 0 Å². The van der Waals surface area contributed by atoms with E-state index in [2.05, 4.69) is 24.6 Å². The third-order valence-electron chi connectivity index (χ3n) is 2.07. The molecule has 0 radical (unpaired) electrons. The minimum atomic E-state index is -3.43. The van der Waals surface area contributed by atoms with Crippen LogP contribution in [0.25, 0.3) is 0 Å². The molecular weight excluding hydrogens is 218 g/mol. The minimum absolute atomic E-state index is 0.101. The lowest BCUT2D eigenvalue weighted by atomic mass is 10.3. The molecule has 1 aliphatic rings. The van der Waals surface area contributed by atoms with Crippen molar-refractivity contribution in [2.75, 3.05) is 0 Å². The van der Waals surface area contributed by atoms with Crippen molar-refractivity contribution in [1.82, 2.24) is 24.6 Å². The summed E-state index contributed by atoms with van der Waals surface area (Å²) < 4.78 is 28.0. The van der Waals surface area contributed by atoms with Crippen LogP contribution in [0.3, 0.4) is 0 Å². The second-order valence-corrected chi connectivity index (χ2v) is 5.08. The van der Waals surface area contributed by atoms with Gasteiger partial charge in [-0.15, -0.1) is 0 Å². The number of aromatic amines is 1. The Hall–Kier alpha value is -0.990. The molecule has 8 heteroatoms. The summed E-state index contributed by atoms with van der Waals surface area (Å²) in [5.41, 5.74) is 0. The average Bonchev–Trinajstić information content (AvgIpc) is 2.78. The van der Waals surface area contributed by atoms with Gasteiger partial charge < -0.3 is 0 Å². The van der Waals surface area contributed by atoms with Crippen LogP contribution in [-0.4, -0.2) is 29.6 Å². The van der Waals surface area contributed by atoms with Gasteiger partial charge in [0, 0.05) is 6.04 Å². The lowest BCUT2D eigenvalue weighted by Gasteiger charge is -2.11. The van der Waals surface area contributed by atoms with Gasteiger partial charge in [-0.1, -0.05) is 0 Å². The second-order valence-electron chi connectivity index (χ2n) is 3.61. The predicted molar refractivity (Wildman–Crippen MR) is 53.0 cm³/mol. The van der Waals surface area contributed by atoms with E-state index in [1.54, 1.807) is 6.92 Å². The maximum atomic E-state index is 11.5. The summed E-state index contributed by atoms with van der Waals surface area (Å²) in [5, 5.41) is 6.27. The molecule has 1 aliphatic carbocycles. The van der Waals surface area contributed by atoms with Crippen LogP contribution >= 0.6 is 0 Å². The number of aromatic nitrogens is 3. The molecule has 1 aromatic heterocycles. The third kappa shape index (κ3) is 2.98. The Morgan fingerprint density at radius 1 is 1.60 bits per heavy atom. The normalized spacial score (nSPS) is 19.0. The summed E-state index contributed by atoms with van der Waals surface area (Å²) in [6, 6.07) is -0.312. The smallest absolute Gasteiger partial charge is 0.262 e. The highest BCUT2D eigenvalue weighted by atomic mass is 32.2. The molecule has 1 saturated carbocycles. The van der Waals surface area contributed by atoms with E-state index < -0.39 is 16.3 Å². The first kappa shape index (κ1) is 10.5. The van der Waals surface area contributed by atoms with Crippen LogP contribution in [0.2, 0.25) is 0 Å². The molecule has 0 saturated heterocycles. The Kier molecular flexibility index (Phi) is 2.72. The lowest BCUT2D eigenvalue weighted by Crippen LogP contribution is -2.39. The van der Waals surface area contributed by atoms with Crippen LogP contribution in [0.15, 0.2) is 6.33 Å². The van der Waals surface area contributed by atoms with E-state index in [4.69, 9.17) is 0 Å². The van der Waals surface area contributed by atoms with Crippen molar-refractivity contribution < 1.29 is 8.42 Å². The highest BCUT2D eigenvalue weighted by Gasteiger charge is 2.28. The van der Waals surface area contributed by atoms with Crippen LogP contribution in [-0.2, 0) is 10.2 Å². The summed E-state index contributed by atoms with van der Waals surface area (Å²) in [4.78, 5) is 3.87. The van der Waals surface area contributed by atoms with Gasteiger partial charge in [-0.05, 0) is 19.8 Å². The Morgan fingerprint density at radius 2 is 2.33 bits per heavy atom. The third-order valence-corrected chi connectivity index (χ3v) is 3.38. The fourth-order valence-corrected chi connectivity index (χ4v) is 2.49. The maximum Gasteiger partial charge on any atom is 0.277 e. The number of hydrogen-bond acceptors (Lipinski definition) is 4. The van der Waals surface area contributed by atoms with Gasteiger partial charge in [-0.25, -0.2) is 4.98 Å². The number of nitrogens with zero attached hydrogens (tertiary/aromatic N) is 2. The Morgan fingerprint density at radius 3 is 2.87 bits per heavy atom. The van der Waals surface area contributed by atoms with Crippen molar-refractivity contribution in [2.24, 2.45) is 0 Å². The van der Waals surface area contributed by atoms with E-state index in [9.17, 15) is 8.42 Å². The molecule has 15 heavy (non-hydrogen) atoms. The van der Waals surface area contributed by atoms with E-state index in [1.165, 1.54) is 6.33 Å². The fraction of sp³-hybridized carbons (Fsp3) is 0.714. The molecule has 2 rings (SSSR count). The molecule has 1 atom stereocenters. The summed E-state index contributed by atoms with van der Waals surface area (Å²) in [6.07, 6.45) is 3.17.